The van der Waals surface area contributed by atoms with Gasteiger partial charge in [0.15, 0.2) is 23.0 Å². The molecule has 0 aliphatic carbocycles. The number of likely N-dealkylation sites (tertiary alicyclic amines) is 1. The fourth-order valence-electron chi connectivity index (χ4n) is 1.37. The van der Waals surface area contributed by atoms with Gasteiger partial charge in [0.25, 0.3) is 0 Å². The van der Waals surface area contributed by atoms with Gasteiger partial charge in [-0.1, -0.05) is 0 Å². The Morgan fingerprint density at radius 3 is 2.53 bits per heavy atom. The summed E-state index contributed by atoms with van der Waals surface area (Å²) in [5.41, 5.74) is 0. The van der Waals surface area contributed by atoms with Gasteiger partial charge in [0.1, 0.15) is 0 Å². The number of likely N-dealkylation sites (N-methyl/N-ethyl adjacent to an activating group) is 1. The summed E-state index contributed by atoms with van der Waals surface area (Å²) in [5, 5.41) is 0. The highest BCUT2D eigenvalue weighted by atomic mass is 127. The van der Waals surface area contributed by atoms with Crippen LogP contribution < -0.4 is 0 Å². The van der Waals surface area contributed by atoms with Crippen LogP contribution in [-0.4, -0.2) is 54.8 Å². The topological polar surface area (TPSA) is 32.8 Å². The van der Waals surface area contributed by atoms with E-state index in [-0.39, 0.29) is 19.1 Å². The molecular formula is C7H10F3IN2O2. The van der Waals surface area contributed by atoms with Crippen molar-refractivity contribution in [3.05, 3.63) is 0 Å². The zero-order chi connectivity index (χ0) is 11.6. The van der Waals surface area contributed by atoms with Crippen LogP contribution in [0.3, 0.4) is 0 Å². The first-order valence-corrected chi connectivity index (χ1v) is 5.06. The standard InChI is InChI=1S/C7H10F3IN2O2/c1-12(6(14)15-11)5-2-13(3-5)4-7(8,9)10/h5H,2-4H2,1H3. The summed E-state index contributed by atoms with van der Waals surface area (Å²) in [6.07, 6.45) is -4.71. The van der Waals surface area contributed by atoms with Crippen LogP contribution in [0.15, 0.2) is 0 Å². The largest absolute Gasteiger partial charge is 0.419 e. The highest BCUT2D eigenvalue weighted by molar-refractivity contribution is 14.1. The maximum Gasteiger partial charge on any atom is 0.419 e. The van der Waals surface area contributed by atoms with Gasteiger partial charge in [-0.15, -0.1) is 0 Å². The molecule has 1 rings (SSSR count). The number of alkyl halides is 3. The van der Waals surface area contributed by atoms with Crippen molar-refractivity contribution in [2.45, 2.75) is 12.2 Å². The van der Waals surface area contributed by atoms with E-state index in [1.807, 2.05) is 0 Å². The van der Waals surface area contributed by atoms with Crippen molar-refractivity contribution in [1.82, 2.24) is 9.80 Å². The van der Waals surface area contributed by atoms with Gasteiger partial charge in [-0.2, -0.15) is 13.2 Å². The third-order valence-corrected chi connectivity index (χ3v) is 2.62. The number of halogens is 4. The summed E-state index contributed by atoms with van der Waals surface area (Å²) < 4.78 is 40.2. The van der Waals surface area contributed by atoms with Gasteiger partial charge < -0.3 is 7.97 Å². The number of carbonyl (C=O) groups is 1. The monoisotopic (exact) mass is 338 g/mol. The Balaban J connectivity index is 2.28. The van der Waals surface area contributed by atoms with Crippen LogP contribution in [0.25, 0.3) is 0 Å². The molecular weight excluding hydrogens is 328 g/mol. The molecule has 0 N–H and O–H groups in total. The lowest BCUT2D eigenvalue weighted by atomic mass is 10.1. The SMILES string of the molecule is CN(C(=O)OI)C1CN(CC(F)(F)F)C1. The summed E-state index contributed by atoms with van der Waals surface area (Å²) in [5.74, 6) is 0. The number of carbonyl (C=O) groups excluding carboxylic acids is 1. The van der Waals surface area contributed by atoms with E-state index in [4.69, 9.17) is 0 Å². The third-order valence-electron chi connectivity index (χ3n) is 2.24. The Kier molecular flexibility index (Phi) is 4.04. The van der Waals surface area contributed by atoms with Crippen LogP contribution >= 0.6 is 23.0 Å². The Morgan fingerprint density at radius 1 is 1.60 bits per heavy atom. The van der Waals surface area contributed by atoms with Gasteiger partial charge in [-0.05, 0) is 0 Å². The van der Waals surface area contributed by atoms with Gasteiger partial charge in [0, 0.05) is 20.1 Å². The average molecular weight is 338 g/mol. The smallest absolute Gasteiger partial charge is 0.378 e. The van der Waals surface area contributed by atoms with E-state index in [9.17, 15) is 18.0 Å². The van der Waals surface area contributed by atoms with Crippen LogP contribution in [0, 0.1) is 0 Å². The molecule has 1 amide bonds. The molecule has 1 aliphatic heterocycles. The molecule has 8 heteroatoms. The van der Waals surface area contributed by atoms with Crippen molar-refractivity contribution in [3.63, 3.8) is 0 Å². The lowest BCUT2D eigenvalue weighted by molar-refractivity contribution is -0.158. The Labute approximate surface area is 99.0 Å². The molecule has 4 nitrogen and oxygen atoms in total. The molecule has 0 bridgehead atoms. The number of amides is 1. The minimum absolute atomic E-state index is 0.186. The summed E-state index contributed by atoms with van der Waals surface area (Å²) in [4.78, 5) is 13.5. The molecule has 0 radical (unpaired) electrons. The van der Waals surface area contributed by atoms with Gasteiger partial charge in [-0.25, -0.2) is 4.79 Å². The zero-order valence-electron chi connectivity index (χ0n) is 7.92. The van der Waals surface area contributed by atoms with Crippen LogP contribution in [0.5, 0.6) is 0 Å². The average Bonchev–Trinajstić information content (AvgIpc) is 2.06. The fourth-order valence-corrected chi connectivity index (χ4v) is 1.68. The first kappa shape index (κ1) is 12.8. The maximum atomic E-state index is 11.9. The molecule has 1 aliphatic rings. The Hall–Kier alpha value is -0.250. The predicted molar refractivity (Wildman–Crippen MR) is 54.5 cm³/mol. The van der Waals surface area contributed by atoms with Crippen LogP contribution in [0.4, 0.5) is 18.0 Å². The summed E-state index contributed by atoms with van der Waals surface area (Å²) >= 11 is 1.45. The van der Waals surface area contributed by atoms with Crippen molar-refractivity contribution in [1.29, 1.82) is 0 Å². The van der Waals surface area contributed by atoms with Gasteiger partial charge in [0.2, 0.25) is 0 Å². The summed E-state index contributed by atoms with van der Waals surface area (Å²) in [6, 6.07) is -0.186. The molecule has 0 aromatic heterocycles. The lowest BCUT2D eigenvalue weighted by Gasteiger charge is -2.43. The molecule has 0 aromatic carbocycles. The van der Waals surface area contributed by atoms with Gasteiger partial charge in [-0.3, -0.25) is 4.90 Å². The molecule has 0 atom stereocenters. The van der Waals surface area contributed by atoms with Crippen LogP contribution in [0.2, 0.25) is 0 Å². The molecule has 1 fully saturated rings. The zero-order valence-corrected chi connectivity index (χ0v) is 10.1. The fraction of sp³-hybridized carbons (Fsp3) is 0.857. The van der Waals surface area contributed by atoms with Gasteiger partial charge >= 0.3 is 12.3 Å². The third kappa shape index (κ3) is 3.67. The molecule has 0 spiro atoms. The van der Waals surface area contributed by atoms with E-state index in [0.29, 0.717) is 0 Å². The van der Waals surface area contributed by atoms with E-state index < -0.39 is 18.8 Å². The van der Waals surface area contributed by atoms with E-state index in [1.54, 1.807) is 0 Å². The predicted octanol–water partition coefficient (Wildman–Crippen LogP) is 1.65. The van der Waals surface area contributed by atoms with Crippen LogP contribution in [0.1, 0.15) is 0 Å². The van der Waals surface area contributed by atoms with Crippen molar-refractivity contribution in [3.8, 4) is 0 Å². The van der Waals surface area contributed by atoms with E-state index in [1.165, 1.54) is 39.9 Å². The van der Waals surface area contributed by atoms with E-state index in [2.05, 4.69) is 3.07 Å². The highest BCUT2D eigenvalue weighted by Crippen LogP contribution is 2.22. The first-order valence-electron chi connectivity index (χ1n) is 4.18. The molecule has 0 aromatic rings. The molecule has 88 valence electrons. The summed E-state index contributed by atoms with van der Waals surface area (Å²) in [6.45, 7) is -0.444. The quantitative estimate of drug-likeness (QED) is 0.718. The van der Waals surface area contributed by atoms with Crippen molar-refractivity contribution < 1.29 is 21.0 Å². The molecule has 0 unspecified atom stereocenters. The van der Waals surface area contributed by atoms with E-state index >= 15 is 0 Å². The lowest BCUT2D eigenvalue weighted by Crippen LogP contribution is -2.61. The molecule has 0 saturated carbocycles. The number of hydrogen-bond donors (Lipinski definition) is 0. The van der Waals surface area contributed by atoms with Crippen molar-refractivity contribution in [2.24, 2.45) is 0 Å². The first-order chi connectivity index (χ1) is 6.83. The molecule has 1 saturated heterocycles. The minimum Gasteiger partial charge on any atom is -0.378 e. The Morgan fingerprint density at radius 2 is 2.13 bits per heavy atom. The van der Waals surface area contributed by atoms with Crippen molar-refractivity contribution in [2.75, 3.05) is 26.7 Å². The molecule has 15 heavy (non-hydrogen) atoms. The molecule has 1 heterocycles. The van der Waals surface area contributed by atoms with E-state index in [0.717, 1.165) is 0 Å². The maximum absolute atomic E-state index is 11.9. The summed E-state index contributed by atoms with van der Waals surface area (Å²) in [7, 11) is 1.51. The number of rotatable bonds is 2. The minimum atomic E-state index is -4.17. The highest BCUT2D eigenvalue weighted by Gasteiger charge is 2.39. The van der Waals surface area contributed by atoms with Crippen molar-refractivity contribution >= 4 is 29.1 Å². The normalized spacial score (nSPS) is 18.5. The van der Waals surface area contributed by atoms with Crippen LogP contribution in [-0.2, 0) is 3.07 Å². The second kappa shape index (κ2) is 4.73. The second-order valence-electron chi connectivity index (χ2n) is 3.42. The number of nitrogens with zero attached hydrogens (tertiary/aromatic N) is 2. The number of hydrogen-bond acceptors (Lipinski definition) is 3. The second-order valence-corrected chi connectivity index (χ2v) is 3.86. The Bertz CT molecular complexity index is 243. The van der Waals surface area contributed by atoms with Gasteiger partial charge in [0.05, 0.1) is 12.6 Å².